The first-order valence-corrected chi connectivity index (χ1v) is 6.78. The van der Waals surface area contributed by atoms with Crippen molar-refractivity contribution in [2.24, 2.45) is 5.73 Å². The first kappa shape index (κ1) is 10.4. The standard InChI is InChI=1S/C10H11BrN4S/c11-8-2-1-7(16-8)10-13-9-5-6(12)3-4-15(9)14-10/h1-2,6H,3-5,12H2. The number of hydrogen-bond acceptors (Lipinski definition) is 4. The summed E-state index contributed by atoms with van der Waals surface area (Å²) in [6.07, 6.45) is 1.82. The van der Waals surface area contributed by atoms with Crippen LogP contribution in [0.3, 0.4) is 0 Å². The van der Waals surface area contributed by atoms with Crippen LogP contribution in [0.5, 0.6) is 0 Å². The molecule has 1 unspecified atom stereocenters. The highest BCUT2D eigenvalue weighted by atomic mass is 79.9. The third-order valence-corrected chi connectivity index (χ3v) is 4.32. The van der Waals surface area contributed by atoms with Crippen LogP contribution in [0.2, 0.25) is 0 Å². The Balaban J connectivity index is 1.98. The molecule has 0 spiro atoms. The summed E-state index contributed by atoms with van der Waals surface area (Å²) in [6.45, 7) is 0.885. The van der Waals surface area contributed by atoms with E-state index in [0.717, 1.165) is 39.7 Å². The first-order chi connectivity index (χ1) is 7.72. The monoisotopic (exact) mass is 298 g/mol. The van der Waals surface area contributed by atoms with Crippen LogP contribution in [0.15, 0.2) is 15.9 Å². The molecule has 0 aliphatic carbocycles. The zero-order valence-corrected chi connectivity index (χ0v) is 11.0. The second-order valence-electron chi connectivity index (χ2n) is 3.93. The Morgan fingerprint density at radius 2 is 2.38 bits per heavy atom. The predicted octanol–water partition coefficient (Wildman–Crippen LogP) is 2.04. The van der Waals surface area contributed by atoms with Gasteiger partial charge in [-0.25, -0.2) is 9.67 Å². The second kappa shape index (κ2) is 3.94. The average Bonchev–Trinajstić information content (AvgIpc) is 2.83. The lowest BCUT2D eigenvalue weighted by Crippen LogP contribution is -2.31. The van der Waals surface area contributed by atoms with E-state index in [1.54, 1.807) is 11.3 Å². The van der Waals surface area contributed by atoms with Gasteiger partial charge in [0.05, 0.1) is 8.66 Å². The number of nitrogens with zero attached hydrogens (tertiary/aromatic N) is 3. The van der Waals surface area contributed by atoms with Crippen LogP contribution in [0.1, 0.15) is 12.2 Å². The Morgan fingerprint density at radius 3 is 3.12 bits per heavy atom. The van der Waals surface area contributed by atoms with E-state index in [-0.39, 0.29) is 6.04 Å². The minimum atomic E-state index is 0.236. The highest BCUT2D eigenvalue weighted by Crippen LogP contribution is 2.29. The minimum Gasteiger partial charge on any atom is -0.327 e. The van der Waals surface area contributed by atoms with Crippen molar-refractivity contribution < 1.29 is 0 Å². The van der Waals surface area contributed by atoms with Crippen LogP contribution in [0.4, 0.5) is 0 Å². The van der Waals surface area contributed by atoms with Crippen molar-refractivity contribution in [2.75, 3.05) is 0 Å². The second-order valence-corrected chi connectivity index (χ2v) is 6.39. The summed E-state index contributed by atoms with van der Waals surface area (Å²) in [5.41, 5.74) is 5.92. The molecule has 0 saturated carbocycles. The number of aromatic nitrogens is 3. The molecule has 16 heavy (non-hydrogen) atoms. The molecule has 2 N–H and O–H groups in total. The van der Waals surface area contributed by atoms with Gasteiger partial charge in [0.15, 0.2) is 5.82 Å². The third-order valence-electron chi connectivity index (χ3n) is 2.70. The molecule has 0 saturated heterocycles. The van der Waals surface area contributed by atoms with Gasteiger partial charge >= 0.3 is 0 Å². The molecule has 6 heteroatoms. The van der Waals surface area contributed by atoms with Gasteiger partial charge in [-0.3, -0.25) is 0 Å². The summed E-state index contributed by atoms with van der Waals surface area (Å²) in [4.78, 5) is 5.65. The number of hydrogen-bond donors (Lipinski definition) is 1. The largest absolute Gasteiger partial charge is 0.327 e. The molecule has 0 aromatic carbocycles. The number of rotatable bonds is 1. The Labute approximate surface area is 106 Å². The van der Waals surface area contributed by atoms with E-state index >= 15 is 0 Å². The van der Waals surface area contributed by atoms with E-state index in [1.807, 2.05) is 16.8 Å². The van der Waals surface area contributed by atoms with Gasteiger partial charge in [0.25, 0.3) is 0 Å². The quantitative estimate of drug-likeness (QED) is 0.876. The molecule has 1 atom stereocenters. The highest BCUT2D eigenvalue weighted by molar-refractivity contribution is 9.11. The smallest absolute Gasteiger partial charge is 0.191 e. The molecule has 3 heterocycles. The van der Waals surface area contributed by atoms with Gasteiger partial charge in [-0.2, -0.15) is 0 Å². The van der Waals surface area contributed by atoms with Crippen LogP contribution in [0.25, 0.3) is 10.7 Å². The molecule has 2 aromatic rings. The molecule has 4 nitrogen and oxygen atoms in total. The van der Waals surface area contributed by atoms with Gasteiger partial charge in [-0.05, 0) is 34.5 Å². The van der Waals surface area contributed by atoms with E-state index in [0.29, 0.717) is 0 Å². The zero-order chi connectivity index (χ0) is 11.1. The van der Waals surface area contributed by atoms with Crippen LogP contribution >= 0.6 is 27.3 Å². The molecular formula is C10H11BrN4S. The number of fused-ring (bicyclic) bond motifs is 1. The SMILES string of the molecule is NC1CCn2nc(-c3ccc(Br)s3)nc2C1. The summed E-state index contributed by atoms with van der Waals surface area (Å²) >= 11 is 5.10. The summed E-state index contributed by atoms with van der Waals surface area (Å²) in [7, 11) is 0. The Bertz CT molecular complexity index is 519. The van der Waals surface area contributed by atoms with E-state index in [1.165, 1.54) is 0 Å². The van der Waals surface area contributed by atoms with Gasteiger partial charge in [0.1, 0.15) is 5.82 Å². The van der Waals surface area contributed by atoms with Crippen molar-refractivity contribution in [3.05, 3.63) is 21.7 Å². The van der Waals surface area contributed by atoms with Crippen molar-refractivity contribution in [1.82, 2.24) is 14.8 Å². The number of nitrogens with two attached hydrogens (primary N) is 1. The summed E-state index contributed by atoms with van der Waals surface area (Å²) in [5.74, 6) is 1.83. The molecule has 1 aliphatic heterocycles. The molecule has 0 radical (unpaired) electrons. The molecule has 0 bridgehead atoms. The topological polar surface area (TPSA) is 56.7 Å². The minimum absolute atomic E-state index is 0.236. The van der Waals surface area contributed by atoms with E-state index < -0.39 is 0 Å². The lowest BCUT2D eigenvalue weighted by Gasteiger charge is -2.17. The van der Waals surface area contributed by atoms with Crippen molar-refractivity contribution in [1.29, 1.82) is 0 Å². The summed E-state index contributed by atoms with van der Waals surface area (Å²) in [5, 5.41) is 4.51. The van der Waals surface area contributed by atoms with Gasteiger partial charge in [0.2, 0.25) is 0 Å². The number of thiophene rings is 1. The van der Waals surface area contributed by atoms with Crippen molar-refractivity contribution in [2.45, 2.75) is 25.4 Å². The van der Waals surface area contributed by atoms with Crippen LogP contribution in [-0.4, -0.2) is 20.8 Å². The normalized spacial score (nSPS) is 19.8. The van der Waals surface area contributed by atoms with Gasteiger partial charge < -0.3 is 5.73 Å². The maximum absolute atomic E-state index is 5.92. The van der Waals surface area contributed by atoms with Crippen molar-refractivity contribution in [3.63, 3.8) is 0 Å². The Morgan fingerprint density at radius 1 is 1.50 bits per heavy atom. The molecule has 2 aromatic heterocycles. The molecule has 3 rings (SSSR count). The first-order valence-electron chi connectivity index (χ1n) is 5.17. The molecular weight excluding hydrogens is 288 g/mol. The summed E-state index contributed by atoms with van der Waals surface area (Å²) < 4.78 is 3.08. The maximum atomic E-state index is 5.92. The average molecular weight is 299 g/mol. The van der Waals surface area contributed by atoms with Crippen molar-refractivity contribution in [3.8, 4) is 10.7 Å². The Kier molecular flexibility index (Phi) is 2.57. The lowest BCUT2D eigenvalue weighted by molar-refractivity contribution is 0.433. The van der Waals surface area contributed by atoms with E-state index in [2.05, 4.69) is 26.0 Å². The van der Waals surface area contributed by atoms with E-state index in [4.69, 9.17) is 5.73 Å². The molecule has 0 amide bonds. The van der Waals surface area contributed by atoms with Crippen LogP contribution in [0, 0.1) is 0 Å². The van der Waals surface area contributed by atoms with Gasteiger partial charge in [0, 0.05) is 19.0 Å². The van der Waals surface area contributed by atoms with Crippen molar-refractivity contribution >= 4 is 27.3 Å². The van der Waals surface area contributed by atoms with Gasteiger partial charge in [-0.15, -0.1) is 16.4 Å². The number of aryl methyl sites for hydroxylation is 1. The third kappa shape index (κ3) is 1.81. The van der Waals surface area contributed by atoms with Crippen LogP contribution < -0.4 is 5.73 Å². The Hall–Kier alpha value is -0.720. The fraction of sp³-hybridized carbons (Fsp3) is 0.400. The predicted molar refractivity (Wildman–Crippen MR) is 67.3 cm³/mol. The zero-order valence-electron chi connectivity index (χ0n) is 8.56. The lowest BCUT2D eigenvalue weighted by atomic mass is 10.1. The molecule has 84 valence electrons. The highest BCUT2D eigenvalue weighted by Gasteiger charge is 2.20. The fourth-order valence-electron chi connectivity index (χ4n) is 1.87. The fourth-order valence-corrected chi connectivity index (χ4v) is 3.18. The van der Waals surface area contributed by atoms with Gasteiger partial charge in [-0.1, -0.05) is 0 Å². The molecule has 1 aliphatic rings. The maximum Gasteiger partial charge on any atom is 0.191 e. The number of halogens is 1. The summed E-state index contributed by atoms with van der Waals surface area (Å²) in [6, 6.07) is 4.29. The van der Waals surface area contributed by atoms with E-state index in [9.17, 15) is 0 Å². The van der Waals surface area contributed by atoms with Crippen LogP contribution in [-0.2, 0) is 13.0 Å². The molecule has 0 fully saturated rings.